The van der Waals surface area contributed by atoms with Gasteiger partial charge in [0, 0.05) is 11.0 Å². The van der Waals surface area contributed by atoms with Gasteiger partial charge in [0.05, 0.1) is 0 Å². The third-order valence-electron chi connectivity index (χ3n) is 5.81. The molecule has 2 aromatic rings. The third kappa shape index (κ3) is 14.4. The number of carbonyl (C=O) groups is 1. The second-order valence-electron chi connectivity index (χ2n) is 9.63. The molecule has 2 atom stereocenters. The summed E-state index contributed by atoms with van der Waals surface area (Å²) in [5, 5.41) is 0. The molecule has 44 heavy (non-hydrogen) atoms. The lowest BCUT2D eigenvalue weighted by Gasteiger charge is -2.26. The molecule has 0 amide bonds. The maximum atomic E-state index is 11.7. The van der Waals surface area contributed by atoms with Gasteiger partial charge in [0.2, 0.25) is 0 Å². The lowest BCUT2D eigenvalue weighted by atomic mass is 9.78. The van der Waals surface area contributed by atoms with Crippen molar-refractivity contribution in [3.05, 3.63) is 84.5 Å². The molecule has 2 rings (SSSR count). The highest BCUT2D eigenvalue weighted by Crippen LogP contribution is 2.33. The van der Waals surface area contributed by atoms with E-state index in [2.05, 4.69) is 27.0 Å². The fourth-order valence-electron chi connectivity index (χ4n) is 3.41. The van der Waals surface area contributed by atoms with E-state index < -0.39 is 39.4 Å². The van der Waals surface area contributed by atoms with E-state index in [0.717, 1.165) is 11.1 Å². The molecule has 0 aliphatic carbocycles. The number of rotatable bonds is 20. The summed E-state index contributed by atoms with van der Waals surface area (Å²) >= 11 is 0. The average molecular weight is 693 g/mol. The number of benzene rings is 2. The standard InChI is InChI=1S/C28H38O12P2S2/c1-6-15-37-38-19-26(40-42-44(32)33)17-35-24-13-9-22(10-14-24)28(4,5)21-7-11-23(12-8-21)34-16-25(39-41-43(30)31)18-36-27(29)20(2)3/h6-14,25-26,30-33H,1-2,15-19H2,3-5H3. The van der Waals surface area contributed by atoms with Crippen molar-refractivity contribution in [3.8, 4) is 11.5 Å². The van der Waals surface area contributed by atoms with E-state index in [1.54, 1.807) is 0 Å². The van der Waals surface area contributed by atoms with E-state index in [1.807, 2.05) is 48.5 Å². The number of hydrogen-bond acceptors (Lipinski definition) is 8. The van der Waals surface area contributed by atoms with E-state index in [0.29, 0.717) is 11.5 Å². The monoisotopic (exact) mass is 692 g/mol. The van der Waals surface area contributed by atoms with Gasteiger partial charge >= 0.3 is 5.97 Å². The van der Waals surface area contributed by atoms with Gasteiger partial charge in [0.1, 0.15) is 93.2 Å². The number of carbonyl (C=O) groups excluding carboxylic acids is 1. The fourth-order valence-corrected chi connectivity index (χ4v) is 5.24. The number of hydrogen-bond donors (Lipinski definition) is 4. The SMILES string of the molecule is C=CCOOCC(COc1ccc(C(C)(C)c2ccc(OCC(COC(=O)C(=C)C)OP=S(O)O)cc2)cc1)OP=S(O)O. The lowest BCUT2D eigenvalue weighted by Crippen LogP contribution is -2.26. The predicted molar refractivity (Wildman–Crippen MR) is 173 cm³/mol. The zero-order valence-corrected chi connectivity index (χ0v) is 28.0. The van der Waals surface area contributed by atoms with Crippen LogP contribution in [0.1, 0.15) is 31.9 Å². The fraction of sp³-hybridized carbons (Fsp3) is 0.393. The van der Waals surface area contributed by atoms with Gasteiger partial charge < -0.3 is 41.5 Å². The molecule has 244 valence electrons. The molecule has 0 aliphatic heterocycles. The maximum Gasteiger partial charge on any atom is 0.333 e. The first kappa shape index (κ1) is 38.2. The number of ether oxygens (including phenoxy) is 3. The minimum absolute atomic E-state index is 0.0122. The molecule has 0 bridgehead atoms. The minimum atomic E-state index is -1.95. The molecular formula is C28H38O12P2S2. The van der Waals surface area contributed by atoms with Crippen molar-refractivity contribution in [1.29, 1.82) is 0 Å². The molecular weight excluding hydrogens is 654 g/mol. The van der Waals surface area contributed by atoms with E-state index in [4.69, 9.17) is 51.2 Å². The Balaban J connectivity index is 2.00. The molecule has 0 fully saturated rings. The second-order valence-corrected chi connectivity index (χ2v) is 14.2. The summed E-state index contributed by atoms with van der Waals surface area (Å²) in [6.07, 6.45) is 0.192. The van der Waals surface area contributed by atoms with Crippen molar-refractivity contribution in [1.82, 2.24) is 0 Å². The van der Waals surface area contributed by atoms with Gasteiger partial charge in [-0.05, 0) is 42.3 Å². The summed E-state index contributed by atoms with van der Waals surface area (Å²) in [4.78, 5) is 21.7. The van der Waals surface area contributed by atoms with Crippen molar-refractivity contribution in [2.24, 2.45) is 0 Å². The first-order chi connectivity index (χ1) is 20.9. The Labute approximate surface area is 265 Å². The topological polar surface area (TPSA) is 163 Å². The van der Waals surface area contributed by atoms with Crippen molar-refractivity contribution in [2.75, 3.05) is 33.0 Å². The van der Waals surface area contributed by atoms with Crippen LogP contribution in [0.2, 0.25) is 0 Å². The Morgan fingerprint density at radius 1 is 0.818 bits per heavy atom. The summed E-state index contributed by atoms with van der Waals surface area (Å²) in [5.41, 5.74) is 1.93. The molecule has 0 saturated heterocycles. The molecule has 0 heterocycles. The summed E-state index contributed by atoms with van der Waals surface area (Å²) in [5.74, 6) is 0.572. The van der Waals surface area contributed by atoms with Gasteiger partial charge in [-0.2, -0.15) is 0 Å². The molecule has 0 aliphatic rings. The van der Waals surface area contributed by atoms with Gasteiger partial charge in [-0.15, -0.1) is 6.58 Å². The van der Waals surface area contributed by atoms with Gasteiger partial charge in [-0.25, -0.2) is 14.6 Å². The Bertz CT molecular complexity index is 1260. The highest BCUT2D eigenvalue weighted by atomic mass is 32.5. The third-order valence-corrected chi connectivity index (χ3v) is 8.16. The van der Waals surface area contributed by atoms with Crippen LogP contribution < -0.4 is 9.47 Å². The van der Waals surface area contributed by atoms with Crippen LogP contribution in [-0.2, 0) is 55.0 Å². The van der Waals surface area contributed by atoms with E-state index in [1.165, 1.54) is 13.0 Å². The zero-order chi connectivity index (χ0) is 32.5. The number of esters is 1. The molecule has 0 radical (unpaired) electrons. The van der Waals surface area contributed by atoms with Gasteiger partial charge in [-0.3, -0.25) is 0 Å². The maximum absolute atomic E-state index is 11.7. The van der Waals surface area contributed by atoms with Crippen LogP contribution in [0.15, 0.2) is 73.3 Å². The Morgan fingerprint density at radius 3 is 1.68 bits per heavy atom. The van der Waals surface area contributed by atoms with Crippen molar-refractivity contribution in [3.63, 3.8) is 0 Å². The highest BCUT2D eigenvalue weighted by Gasteiger charge is 2.23. The largest absolute Gasteiger partial charge is 0.491 e. The molecule has 12 nitrogen and oxygen atoms in total. The summed E-state index contributed by atoms with van der Waals surface area (Å²) < 4.78 is 64.1. The molecule has 0 spiro atoms. The quantitative estimate of drug-likeness (QED) is 0.0228. The van der Waals surface area contributed by atoms with Crippen molar-refractivity contribution >= 4 is 42.4 Å². The van der Waals surface area contributed by atoms with Gasteiger partial charge in [0.25, 0.3) is 0 Å². The minimum Gasteiger partial charge on any atom is -0.491 e. The van der Waals surface area contributed by atoms with E-state index in [-0.39, 0.29) is 59.2 Å². The van der Waals surface area contributed by atoms with Crippen LogP contribution in [0.4, 0.5) is 0 Å². The zero-order valence-electron chi connectivity index (χ0n) is 24.6. The molecule has 16 heteroatoms. The molecule has 0 aromatic heterocycles. The van der Waals surface area contributed by atoms with Crippen LogP contribution in [-0.4, -0.2) is 69.4 Å². The van der Waals surface area contributed by atoms with Crippen LogP contribution >= 0.6 is 15.2 Å². The van der Waals surface area contributed by atoms with Crippen LogP contribution in [0, 0.1) is 0 Å². The van der Waals surface area contributed by atoms with Gasteiger partial charge in [-0.1, -0.05) is 50.8 Å². The van der Waals surface area contributed by atoms with Crippen LogP contribution in [0.3, 0.4) is 0 Å². The Kier molecular flexibility index (Phi) is 17.5. The Morgan fingerprint density at radius 2 is 1.27 bits per heavy atom. The van der Waals surface area contributed by atoms with E-state index >= 15 is 0 Å². The molecule has 2 aromatic carbocycles. The van der Waals surface area contributed by atoms with Crippen molar-refractivity contribution < 1.29 is 56.0 Å². The normalized spacial score (nSPS) is 13.2. The lowest BCUT2D eigenvalue weighted by molar-refractivity contribution is -0.296. The van der Waals surface area contributed by atoms with Crippen molar-refractivity contribution in [2.45, 2.75) is 38.4 Å². The summed E-state index contributed by atoms with van der Waals surface area (Å²) in [7, 11) is -3.95. The second kappa shape index (κ2) is 20.2. The van der Waals surface area contributed by atoms with E-state index in [9.17, 15) is 4.79 Å². The molecule has 0 saturated carbocycles. The highest BCUT2D eigenvalue weighted by molar-refractivity contribution is 8.12. The van der Waals surface area contributed by atoms with Gasteiger partial charge in [0.15, 0.2) is 0 Å². The summed E-state index contributed by atoms with van der Waals surface area (Å²) in [6, 6.07) is 15.1. The smallest absolute Gasteiger partial charge is 0.333 e. The van der Waals surface area contributed by atoms with Crippen LogP contribution in [0.5, 0.6) is 11.5 Å². The molecule has 2 unspecified atom stereocenters. The average Bonchev–Trinajstić information content (AvgIpc) is 2.99. The first-order valence-corrected chi connectivity index (χ1v) is 18.2. The molecule has 4 N–H and O–H groups in total. The first-order valence-electron chi connectivity index (χ1n) is 13.1. The summed E-state index contributed by atoms with van der Waals surface area (Å²) in [6.45, 7) is 12.9. The Hall–Kier alpha value is -2.03. The predicted octanol–water partition coefficient (Wildman–Crippen LogP) is 6.48. The van der Waals surface area contributed by atoms with Crippen LogP contribution in [0.25, 0.3) is 0 Å².